The van der Waals surface area contributed by atoms with Crippen LogP contribution in [0.4, 0.5) is 0 Å². The van der Waals surface area contributed by atoms with Crippen LogP contribution in [0.25, 0.3) is 0 Å². The van der Waals surface area contributed by atoms with Crippen LogP contribution in [0.5, 0.6) is 0 Å². The van der Waals surface area contributed by atoms with Crippen LogP contribution in [0, 0.1) is 5.92 Å². The molecule has 1 aliphatic heterocycles. The second-order valence-electron chi connectivity index (χ2n) is 3.45. The van der Waals surface area contributed by atoms with Crippen molar-refractivity contribution in [1.29, 1.82) is 0 Å². The van der Waals surface area contributed by atoms with E-state index in [0.29, 0.717) is 6.42 Å². The van der Waals surface area contributed by atoms with E-state index in [1.54, 1.807) is 0 Å². The largest absolute Gasteiger partial charge is 0.396 e. The zero-order valence-corrected chi connectivity index (χ0v) is 7.62. The molecule has 1 amide bonds. The Morgan fingerprint density at radius 3 is 2.92 bits per heavy atom. The highest BCUT2D eigenvalue weighted by atomic mass is 16.3. The van der Waals surface area contributed by atoms with E-state index in [1.807, 2.05) is 4.90 Å². The maximum absolute atomic E-state index is 11.3. The van der Waals surface area contributed by atoms with E-state index >= 15 is 0 Å². The van der Waals surface area contributed by atoms with E-state index in [9.17, 15) is 4.79 Å². The minimum Gasteiger partial charge on any atom is -0.396 e. The molecular weight excluding hydrogens is 154 g/mol. The van der Waals surface area contributed by atoms with E-state index in [4.69, 9.17) is 5.11 Å². The number of unbranched alkanes of at least 4 members (excludes halogenated alkanes) is 1. The number of aliphatic hydroxyl groups is 1. The molecule has 1 N–H and O–H groups in total. The van der Waals surface area contributed by atoms with Gasteiger partial charge in [0.15, 0.2) is 0 Å². The Bertz CT molecular complexity index is 159. The molecule has 1 atom stereocenters. The first kappa shape index (κ1) is 9.52. The van der Waals surface area contributed by atoms with Crippen LogP contribution in [0.15, 0.2) is 0 Å². The number of nitrogens with zero attached hydrogens (tertiary/aromatic N) is 1. The van der Waals surface area contributed by atoms with Gasteiger partial charge in [-0.25, -0.2) is 0 Å². The summed E-state index contributed by atoms with van der Waals surface area (Å²) in [4.78, 5) is 13.1. The summed E-state index contributed by atoms with van der Waals surface area (Å²) in [7, 11) is 0. The van der Waals surface area contributed by atoms with Crippen LogP contribution in [-0.2, 0) is 4.79 Å². The monoisotopic (exact) mass is 171 g/mol. The molecule has 1 saturated heterocycles. The lowest BCUT2D eigenvalue weighted by atomic mass is 10.1. The molecule has 0 aromatic carbocycles. The van der Waals surface area contributed by atoms with E-state index in [0.717, 1.165) is 25.9 Å². The number of carbonyl (C=O) groups excluding carboxylic acids is 1. The smallest absolute Gasteiger partial charge is 0.223 e. The van der Waals surface area contributed by atoms with Crippen molar-refractivity contribution in [3.8, 4) is 0 Å². The molecule has 0 aliphatic carbocycles. The Kier molecular flexibility index (Phi) is 3.53. The number of hydrogen-bond acceptors (Lipinski definition) is 2. The number of carbonyl (C=O) groups is 1. The van der Waals surface area contributed by atoms with Crippen LogP contribution >= 0.6 is 0 Å². The average Bonchev–Trinajstić information content (AvgIpc) is 2.43. The predicted octanol–water partition coefficient (Wildman–Crippen LogP) is 0.627. The third-order valence-electron chi connectivity index (χ3n) is 2.33. The van der Waals surface area contributed by atoms with E-state index < -0.39 is 0 Å². The van der Waals surface area contributed by atoms with Crippen molar-refractivity contribution in [3.63, 3.8) is 0 Å². The Balaban J connectivity index is 2.31. The van der Waals surface area contributed by atoms with E-state index in [2.05, 4.69) is 6.92 Å². The van der Waals surface area contributed by atoms with Crippen molar-refractivity contribution >= 4 is 5.91 Å². The summed E-state index contributed by atoms with van der Waals surface area (Å²) in [6, 6.07) is 0. The summed E-state index contributed by atoms with van der Waals surface area (Å²) in [6.07, 6.45) is 2.73. The molecule has 0 spiro atoms. The molecule has 1 unspecified atom stereocenters. The Hall–Kier alpha value is -0.570. The van der Waals surface area contributed by atoms with Gasteiger partial charge >= 0.3 is 0 Å². The minimum absolute atomic E-state index is 0.147. The van der Waals surface area contributed by atoms with Gasteiger partial charge in [0.1, 0.15) is 0 Å². The van der Waals surface area contributed by atoms with Gasteiger partial charge in [0.05, 0.1) is 0 Å². The third-order valence-corrected chi connectivity index (χ3v) is 2.33. The summed E-state index contributed by atoms with van der Waals surface area (Å²) in [6.45, 7) is 3.89. The molecule has 3 nitrogen and oxygen atoms in total. The molecule has 0 bridgehead atoms. The second-order valence-corrected chi connectivity index (χ2v) is 3.45. The van der Waals surface area contributed by atoms with Gasteiger partial charge in [-0.2, -0.15) is 0 Å². The minimum atomic E-state index is 0.147. The van der Waals surface area contributed by atoms with Crippen molar-refractivity contribution in [2.45, 2.75) is 26.2 Å². The third kappa shape index (κ3) is 2.21. The van der Waals surface area contributed by atoms with Crippen molar-refractivity contribution in [2.24, 2.45) is 5.92 Å². The quantitative estimate of drug-likeness (QED) is 0.674. The number of amides is 1. The fraction of sp³-hybridized carbons (Fsp3) is 0.889. The topological polar surface area (TPSA) is 40.5 Å². The first-order valence-electron chi connectivity index (χ1n) is 4.66. The molecule has 0 radical (unpaired) electrons. The molecule has 3 heteroatoms. The van der Waals surface area contributed by atoms with Gasteiger partial charge < -0.3 is 10.0 Å². The number of aliphatic hydroxyl groups excluding tert-OH is 1. The fourth-order valence-corrected chi connectivity index (χ4v) is 1.54. The number of rotatable bonds is 4. The first-order valence-corrected chi connectivity index (χ1v) is 4.66. The zero-order valence-electron chi connectivity index (χ0n) is 7.62. The van der Waals surface area contributed by atoms with Gasteiger partial charge in [-0.05, 0) is 6.42 Å². The lowest BCUT2D eigenvalue weighted by Gasteiger charge is -2.15. The standard InChI is InChI=1S/C9H17NO2/c1-2-3-4-10-6-8(7-11)5-9(10)12/h8,11H,2-7H2,1H3. The summed E-state index contributed by atoms with van der Waals surface area (Å²) < 4.78 is 0. The molecule has 1 rings (SSSR count). The highest BCUT2D eigenvalue weighted by Crippen LogP contribution is 2.17. The zero-order chi connectivity index (χ0) is 8.97. The van der Waals surface area contributed by atoms with Crippen molar-refractivity contribution in [2.75, 3.05) is 19.7 Å². The highest BCUT2D eigenvalue weighted by Gasteiger charge is 2.27. The van der Waals surface area contributed by atoms with Crippen molar-refractivity contribution in [3.05, 3.63) is 0 Å². The van der Waals surface area contributed by atoms with Gasteiger partial charge in [0.25, 0.3) is 0 Å². The van der Waals surface area contributed by atoms with Crippen LogP contribution in [0.3, 0.4) is 0 Å². The van der Waals surface area contributed by atoms with E-state index in [-0.39, 0.29) is 18.4 Å². The summed E-state index contributed by atoms with van der Waals surface area (Å²) in [5.74, 6) is 0.400. The van der Waals surface area contributed by atoms with Crippen LogP contribution < -0.4 is 0 Å². The molecule has 0 aromatic rings. The van der Waals surface area contributed by atoms with E-state index in [1.165, 1.54) is 0 Å². The van der Waals surface area contributed by atoms with Crippen LogP contribution in [0.2, 0.25) is 0 Å². The first-order chi connectivity index (χ1) is 5.77. The van der Waals surface area contributed by atoms with Crippen molar-refractivity contribution in [1.82, 2.24) is 4.90 Å². The van der Waals surface area contributed by atoms with Gasteiger partial charge in [0.2, 0.25) is 5.91 Å². The number of hydrogen-bond donors (Lipinski definition) is 1. The normalized spacial score (nSPS) is 23.7. The fourth-order valence-electron chi connectivity index (χ4n) is 1.54. The molecule has 0 saturated carbocycles. The average molecular weight is 171 g/mol. The highest BCUT2D eigenvalue weighted by molar-refractivity contribution is 5.78. The van der Waals surface area contributed by atoms with Gasteiger partial charge in [-0.3, -0.25) is 4.79 Å². The summed E-state index contributed by atoms with van der Waals surface area (Å²) in [5.41, 5.74) is 0. The summed E-state index contributed by atoms with van der Waals surface area (Å²) >= 11 is 0. The van der Waals surface area contributed by atoms with Crippen molar-refractivity contribution < 1.29 is 9.90 Å². The lowest BCUT2D eigenvalue weighted by molar-refractivity contribution is -0.127. The lowest BCUT2D eigenvalue weighted by Crippen LogP contribution is -2.26. The maximum Gasteiger partial charge on any atom is 0.223 e. The number of likely N-dealkylation sites (tertiary alicyclic amines) is 1. The molecule has 1 aliphatic rings. The molecule has 70 valence electrons. The Labute approximate surface area is 73.4 Å². The van der Waals surface area contributed by atoms with Crippen LogP contribution in [0.1, 0.15) is 26.2 Å². The Morgan fingerprint density at radius 2 is 2.42 bits per heavy atom. The van der Waals surface area contributed by atoms with Gasteiger partial charge in [-0.15, -0.1) is 0 Å². The maximum atomic E-state index is 11.3. The molecule has 1 fully saturated rings. The SMILES string of the molecule is CCCCN1CC(CO)CC1=O. The second kappa shape index (κ2) is 4.45. The van der Waals surface area contributed by atoms with Crippen LogP contribution in [-0.4, -0.2) is 35.6 Å². The Morgan fingerprint density at radius 1 is 1.67 bits per heavy atom. The molecule has 0 aromatic heterocycles. The summed E-state index contributed by atoms with van der Waals surface area (Å²) in [5, 5.41) is 8.85. The predicted molar refractivity (Wildman–Crippen MR) is 46.7 cm³/mol. The molecule has 12 heavy (non-hydrogen) atoms. The molecular formula is C9H17NO2. The molecule has 1 heterocycles. The van der Waals surface area contributed by atoms with Gasteiger partial charge in [-0.1, -0.05) is 13.3 Å². The van der Waals surface area contributed by atoms with Gasteiger partial charge in [0, 0.05) is 32.0 Å².